The van der Waals surface area contributed by atoms with Crippen LogP contribution in [0.15, 0.2) is 35.5 Å². The number of rotatable bonds is 3. The minimum Gasteiger partial charge on any atom is -0.455 e. The Bertz CT molecular complexity index is 797. The highest BCUT2D eigenvalue weighted by molar-refractivity contribution is 8.00. The molecule has 0 bridgehead atoms. The number of aromatic nitrogens is 1. The molecule has 0 saturated heterocycles. The van der Waals surface area contributed by atoms with Gasteiger partial charge in [0.15, 0.2) is 0 Å². The van der Waals surface area contributed by atoms with Crippen LogP contribution in [0.5, 0.6) is 11.5 Å². The molecule has 0 saturated carbocycles. The van der Waals surface area contributed by atoms with E-state index in [1.807, 2.05) is 0 Å². The summed E-state index contributed by atoms with van der Waals surface area (Å²) in [6, 6.07) is 2.14. The van der Waals surface area contributed by atoms with Crippen molar-refractivity contribution in [3.05, 3.63) is 47.5 Å². The Kier molecular flexibility index (Phi) is 3.89. The Morgan fingerprint density at radius 3 is 2.42 bits per heavy atom. The molecule has 0 spiro atoms. The van der Waals surface area contributed by atoms with Crippen LogP contribution in [-0.2, 0) is 5.92 Å². The highest BCUT2D eigenvalue weighted by Crippen LogP contribution is 2.63. The Balaban J connectivity index is 2.11. The van der Waals surface area contributed by atoms with Gasteiger partial charge in [-0.3, -0.25) is 4.98 Å². The van der Waals surface area contributed by atoms with E-state index in [-0.39, 0.29) is 5.75 Å². The van der Waals surface area contributed by atoms with E-state index in [0.717, 1.165) is 24.5 Å². The zero-order valence-corrected chi connectivity index (χ0v) is 12.2. The smallest absolute Gasteiger partial charge is 0.364 e. The van der Waals surface area contributed by atoms with Crippen molar-refractivity contribution in [2.75, 3.05) is 0 Å². The van der Waals surface area contributed by atoms with Gasteiger partial charge in [0.1, 0.15) is 17.3 Å². The fourth-order valence-electron chi connectivity index (χ4n) is 2.16. The van der Waals surface area contributed by atoms with Gasteiger partial charge in [0.2, 0.25) is 0 Å². The van der Waals surface area contributed by atoms with Crippen LogP contribution in [0.2, 0.25) is 0 Å². The minimum atomic E-state index is -4.59. The van der Waals surface area contributed by atoms with E-state index in [1.54, 1.807) is 0 Å². The molecule has 1 aromatic heterocycles. The van der Waals surface area contributed by atoms with Gasteiger partial charge in [-0.05, 0) is 23.9 Å². The van der Waals surface area contributed by atoms with Crippen molar-refractivity contribution in [1.29, 1.82) is 0 Å². The van der Waals surface area contributed by atoms with Crippen LogP contribution >= 0.6 is 11.8 Å². The number of alkyl halides is 6. The van der Waals surface area contributed by atoms with Crippen LogP contribution < -0.4 is 4.74 Å². The number of ether oxygens (including phenoxy) is 1. The molecule has 3 rings (SSSR count). The Labute approximate surface area is 134 Å². The maximum atomic E-state index is 13.7. The van der Waals surface area contributed by atoms with E-state index in [4.69, 9.17) is 4.74 Å². The molecule has 24 heavy (non-hydrogen) atoms. The molecule has 128 valence electrons. The first-order chi connectivity index (χ1) is 11.1. The van der Waals surface area contributed by atoms with Gasteiger partial charge in [-0.15, -0.1) is 0 Å². The molecule has 2 nitrogen and oxygen atoms in total. The fourth-order valence-corrected chi connectivity index (χ4v) is 3.26. The molecule has 2 heterocycles. The van der Waals surface area contributed by atoms with Crippen LogP contribution in [0.3, 0.4) is 0 Å². The number of hydrogen-bond acceptors (Lipinski definition) is 3. The number of nitrogens with zero attached hydrogens (tertiary/aromatic N) is 1. The molecular weight excluding hydrogens is 363 g/mol. The summed E-state index contributed by atoms with van der Waals surface area (Å²) in [5.41, 5.74) is -2.30. The number of fused-ring (bicyclic) bond motifs is 1. The number of hydrogen-bond donors (Lipinski definition) is 0. The standard InChI is InChI=1S/C14H6F7NOS/c15-6-3-7(5-22-4-6)23-9-2-1-8-11(10(9)12(16)17)24-14(20,21)13(8,18)19/h1-5,12H. The van der Waals surface area contributed by atoms with Crippen molar-refractivity contribution in [2.24, 2.45) is 0 Å². The first kappa shape index (κ1) is 16.9. The lowest BCUT2D eigenvalue weighted by Gasteiger charge is -2.17. The molecule has 0 aliphatic carbocycles. The number of pyridine rings is 1. The summed E-state index contributed by atoms with van der Waals surface area (Å²) in [7, 11) is 0. The molecular formula is C14H6F7NOS. The molecule has 0 radical (unpaired) electrons. The first-order valence-corrected chi connectivity index (χ1v) is 7.13. The summed E-state index contributed by atoms with van der Waals surface area (Å²) in [5.74, 6) is -6.31. The van der Waals surface area contributed by atoms with Gasteiger partial charge in [0.05, 0.1) is 18.0 Å². The molecule has 1 aromatic carbocycles. The lowest BCUT2D eigenvalue weighted by molar-refractivity contribution is -0.154. The second-order valence-electron chi connectivity index (χ2n) is 4.79. The quantitative estimate of drug-likeness (QED) is 0.644. The van der Waals surface area contributed by atoms with Crippen LogP contribution in [0.25, 0.3) is 0 Å². The third-order valence-corrected chi connectivity index (χ3v) is 4.37. The van der Waals surface area contributed by atoms with Crippen molar-refractivity contribution < 1.29 is 35.5 Å². The monoisotopic (exact) mass is 369 g/mol. The SMILES string of the molecule is Fc1cncc(Oc2ccc3c(c2C(F)F)SC(F)(F)C3(F)F)c1. The zero-order chi connectivity index (χ0) is 17.7. The Morgan fingerprint density at radius 2 is 1.79 bits per heavy atom. The molecule has 10 heteroatoms. The molecule has 0 atom stereocenters. The molecule has 2 aromatic rings. The topological polar surface area (TPSA) is 22.1 Å². The maximum absolute atomic E-state index is 13.7. The van der Waals surface area contributed by atoms with Crippen molar-refractivity contribution in [1.82, 2.24) is 4.98 Å². The first-order valence-electron chi connectivity index (χ1n) is 6.32. The van der Waals surface area contributed by atoms with E-state index in [9.17, 15) is 30.7 Å². The van der Waals surface area contributed by atoms with Crippen molar-refractivity contribution >= 4 is 11.8 Å². The van der Waals surface area contributed by atoms with Crippen molar-refractivity contribution in [3.8, 4) is 11.5 Å². The van der Waals surface area contributed by atoms with Gasteiger partial charge < -0.3 is 4.74 Å². The molecule has 0 unspecified atom stereocenters. The maximum Gasteiger partial charge on any atom is 0.364 e. The van der Waals surface area contributed by atoms with Crippen LogP contribution in [0.4, 0.5) is 30.7 Å². The number of halogens is 7. The normalized spacial score (nSPS) is 17.8. The summed E-state index contributed by atoms with van der Waals surface area (Å²) in [4.78, 5) is 2.50. The van der Waals surface area contributed by atoms with Gasteiger partial charge in [0, 0.05) is 16.5 Å². The zero-order valence-electron chi connectivity index (χ0n) is 11.4. The summed E-state index contributed by atoms with van der Waals surface area (Å²) in [5, 5.41) is -4.56. The van der Waals surface area contributed by atoms with E-state index < -0.39 is 57.0 Å². The predicted molar refractivity (Wildman–Crippen MR) is 70.4 cm³/mol. The Hall–Kier alpha value is -1.97. The van der Waals surface area contributed by atoms with Gasteiger partial charge in [-0.2, -0.15) is 17.6 Å². The minimum absolute atomic E-state index is 0.279. The fraction of sp³-hybridized carbons (Fsp3) is 0.214. The number of benzene rings is 1. The van der Waals surface area contributed by atoms with Crippen molar-refractivity contribution in [2.45, 2.75) is 22.5 Å². The summed E-state index contributed by atoms with van der Waals surface area (Å²) < 4.78 is 98.9. The Morgan fingerprint density at radius 1 is 1.08 bits per heavy atom. The largest absolute Gasteiger partial charge is 0.455 e. The highest BCUT2D eigenvalue weighted by atomic mass is 32.2. The summed E-state index contributed by atoms with van der Waals surface area (Å²) >= 11 is -0.650. The molecule has 1 aliphatic heterocycles. The van der Waals surface area contributed by atoms with Gasteiger partial charge in [0.25, 0.3) is 6.43 Å². The summed E-state index contributed by atoms with van der Waals surface area (Å²) in [6.07, 6.45) is -1.52. The second kappa shape index (κ2) is 5.54. The van der Waals surface area contributed by atoms with Crippen molar-refractivity contribution in [3.63, 3.8) is 0 Å². The molecule has 0 fully saturated rings. The van der Waals surface area contributed by atoms with Crippen LogP contribution in [-0.4, -0.2) is 10.2 Å². The third-order valence-electron chi connectivity index (χ3n) is 3.22. The van der Waals surface area contributed by atoms with Gasteiger partial charge in [-0.1, -0.05) is 0 Å². The van der Waals surface area contributed by atoms with E-state index in [0.29, 0.717) is 6.07 Å². The van der Waals surface area contributed by atoms with Crippen LogP contribution in [0.1, 0.15) is 17.6 Å². The average molecular weight is 369 g/mol. The van der Waals surface area contributed by atoms with E-state index in [2.05, 4.69) is 4.98 Å². The number of thioether (sulfide) groups is 1. The van der Waals surface area contributed by atoms with Gasteiger partial charge >= 0.3 is 11.2 Å². The molecule has 0 N–H and O–H groups in total. The van der Waals surface area contributed by atoms with E-state index in [1.165, 1.54) is 0 Å². The van der Waals surface area contributed by atoms with Crippen LogP contribution in [0, 0.1) is 5.82 Å². The highest BCUT2D eigenvalue weighted by Gasteiger charge is 2.65. The van der Waals surface area contributed by atoms with E-state index >= 15 is 0 Å². The second-order valence-corrected chi connectivity index (χ2v) is 5.91. The molecule has 1 aliphatic rings. The lowest BCUT2D eigenvalue weighted by Crippen LogP contribution is -2.29. The lowest BCUT2D eigenvalue weighted by atomic mass is 10.0. The third kappa shape index (κ3) is 2.58. The van der Waals surface area contributed by atoms with Gasteiger partial charge in [-0.25, -0.2) is 13.2 Å². The summed E-state index contributed by atoms with van der Waals surface area (Å²) in [6.45, 7) is 0. The predicted octanol–water partition coefficient (Wildman–Crippen LogP) is 5.74. The average Bonchev–Trinajstić information content (AvgIpc) is 2.63. The molecule has 0 amide bonds.